The number of rotatable bonds is 6. The molecule has 27 heavy (non-hydrogen) atoms. The zero-order valence-electron chi connectivity index (χ0n) is 14.4. The van der Waals surface area contributed by atoms with Gasteiger partial charge in [-0.1, -0.05) is 6.07 Å². The van der Waals surface area contributed by atoms with E-state index in [1.54, 1.807) is 12.1 Å². The summed E-state index contributed by atoms with van der Waals surface area (Å²) in [5, 5.41) is 6.49. The minimum Gasteiger partial charge on any atom is -0.467 e. The summed E-state index contributed by atoms with van der Waals surface area (Å²) >= 11 is 0. The molecule has 2 aromatic heterocycles. The number of nitrogens with one attached hydrogen (secondary N) is 3. The van der Waals surface area contributed by atoms with Crippen LogP contribution in [0.4, 0.5) is 10.5 Å². The van der Waals surface area contributed by atoms with Crippen LogP contribution in [0.15, 0.2) is 53.3 Å². The third-order valence-electron chi connectivity index (χ3n) is 4.50. The Kier molecular flexibility index (Phi) is 4.37. The van der Waals surface area contributed by atoms with Gasteiger partial charge in [0.05, 0.1) is 12.8 Å². The largest absolute Gasteiger partial charge is 0.467 e. The topological polar surface area (TPSA) is 107 Å². The second-order valence-corrected chi connectivity index (χ2v) is 6.37. The molecule has 3 heterocycles. The van der Waals surface area contributed by atoms with Gasteiger partial charge >= 0.3 is 6.03 Å². The fourth-order valence-electron chi connectivity index (χ4n) is 3.11. The number of H-pyrrole nitrogens is 1. The number of hydrogen-bond donors (Lipinski definition) is 3. The Morgan fingerprint density at radius 1 is 1.22 bits per heavy atom. The molecule has 1 saturated heterocycles. The highest BCUT2D eigenvalue weighted by molar-refractivity contribution is 6.04. The molecule has 1 aliphatic heterocycles. The van der Waals surface area contributed by atoms with Crippen LogP contribution >= 0.6 is 0 Å². The van der Waals surface area contributed by atoms with E-state index < -0.39 is 12.1 Å². The molecule has 1 aromatic carbocycles. The molecule has 0 radical (unpaired) electrons. The first kappa shape index (κ1) is 16.9. The minimum absolute atomic E-state index is 0.0799. The van der Waals surface area contributed by atoms with Gasteiger partial charge in [-0.3, -0.25) is 14.5 Å². The van der Waals surface area contributed by atoms with E-state index in [1.807, 2.05) is 30.5 Å². The SMILES string of the molecule is O=C(CC[C@H]1NC(=O)N(Cc2ccco2)C1=O)Nc1ccc2cc[nH]c2c1. The second kappa shape index (κ2) is 6.99. The van der Waals surface area contributed by atoms with Crippen LogP contribution in [0.5, 0.6) is 0 Å². The van der Waals surface area contributed by atoms with Gasteiger partial charge in [0.2, 0.25) is 5.91 Å². The van der Waals surface area contributed by atoms with Crippen LogP contribution in [-0.2, 0) is 16.1 Å². The van der Waals surface area contributed by atoms with Crippen molar-refractivity contribution < 1.29 is 18.8 Å². The van der Waals surface area contributed by atoms with Gasteiger partial charge < -0.3 is 20.0 Å². The van der Waals surface area contributed by atoms with Crippen LogP contribution in [0.1, 0.15) is 18.6 Å². The van der Waals surface area contributed by atoms with Gasteiger partial charge in [-0.2, -0.15) is 0 Å². The number of aromatic amines is 1. The number of imide groups is 1. The summed E-state index contributed by atoms with van der Waals surface area (Å²) in [4.78, 5) is 40.8. The van der Waals surface area contributed by atoms with Crippen LogP contribution < -0.4 is 10.6 Å². The molecular formula is C19H18N4O4. The van der Waals surface area contributed by atoms with Crippen molar-refractivity contribution >= 4 is 34.4 Å². The standard InChI is InChI=1S/C19H18N4O4/c24-17(21-13-4-3-12-7-8-20-16(12)10-13)6-5-15-18(25)23(19(26)22-15)11-14-2-1-9-27-14/h1-4,7-10,15,20H,5-6,11H2,(H,21,24)(H,22,26)/t15-/m1/s1. The smallest absolute Gasteiger partial charge is 0.325 e. The van der Waals surface area contributed by atoms with Crippen LogP contribution in [0.25, 0.3) is 10.9 Å². The van der Waals surface area contributed by atoms with Gasteiger partial charge in [-0.15, -0.1) is 0 Å². The summed E-state index contributed by atoms with van der Waals surface area (Å²) in [7, 11) is 0. The molecule has 1 atom stereocenters. The lowest BCUT2D eigenvalue weighted by molar-refractivity contribution is -0.128. The first-order valence-electron chi connectivity index (χ1n) is 8.61. The van der Waals surface area contributed by atoms with Gasteiger partial charge in [0.25, 0.3) is 5.91 Å². The van der Waals surface area contributed by atoms with E-state index in [4.69, 9.17) is 4.42 Å². The first-order chi connectivity index (χ1) is 13.1. The Balaban J connectivity index is 1.32. The Labute approximate surface area is 154 Å². The predicted molar refractivity (Wildman–Crippen MR) is 97.7 cm³/mol. The molecule has 138 valence electrons. The lowest BCUT2D eigenvalue weighted by Gasteiger charge is -2.11. The van der Waals surface area contributed by atoms with Gasteiger partial charge in [-0.25, -0.2) is 4.79 Å². The molecule has 0 aliphatic carbocycles. The van der Waals surface area contributed by atoms with Gasteiger partial charge in [0.1, 0.15) is 11.8 Å². The summed E-state index contributed by atoms with van der Waals surface area (Å²) in [6.45, 7) is 0.0799. The van der Waals surface area contributed by atoms with Crippen LogP contribution in [-0.4, -0.2) is 33.8 Å². The quantitative estimate of drug-likeness (QED) is 0.583. The van der Waals surface area contributed by atoms with E-state index in [0.29, 0.717) is 11.4 Å². The number of nitrogens with zero attached hydrogens (tertiary/aromatic N) is 1. The van der Waals surface area contributed by atoms with Gasteiger partial charge in [-0.05, 0) is 42.1 Å². The Hall–Kier alpha value is -3.55. The number of urea groups is 1. The van der Waals surface area contributed by atoms with Crippen LogP contribution in [0.2, 0.25) is 0 Å². The second-order valence-electron chi connectivity index (χ2n) is 6.37. The number of amides is 4. The van der Waals surface area contributed by atoms with Gasteiger partial charge in [0.15, 0.2) is 0 Å². The zero-order valence-corrected chi connectivity index (χ0v) is 14.4. The van der Waals surface area contributed by atoms with Crippen molar-refractivity contribution in [2.75, 3.05) is 5.32 Å². The predicted octanol–water partition coefficient (Wildman–Crippen LogP) is 2.60. The van der Waals surface area contributed by atoms with E-state index in [-0.39, 0.29) is 31.2 Å². The summed E-state index contributed by atoms with van der Waals surface area (Å²) in [6.07, 6.45) is 3.67. The number of furan rings is 1. The molecule has 8 heteroatoms. The molecule has 0 bridgehead atoms. The molecular weight excluding hydrogens is 348 g/mol. The highest BCUT2D eigenvalue weighted by Gasteiger charge is 2.38. The van der Waals surface area contributed by atoms with E-state index in [2.05, 4.69) is 15.6 Å². The molecule has 8 nitrogen and oxygen atoms in total. The summed E-state index contributed by atoms with van der Waals surface area (Å²) in [5.41, 5.74) is 1.61. The van der Waals surface area contributed by atoms with E-state index >= 15 is 0 Å². The number of benzene rings is 1. The molecule has 4 amide bonds. The third-order valence-corrected chi connectivity index (χ3v) is 4.50. The normalized spacial score (nSPS) is 16.7. The number of hydrogen-bond acceptors (Lipinski definition) is 4. The third kappa shape index (κ3) is 3.55. The number of carbonyl (C=O) groups excluding carboxylic acids is 3. The van der Waals surface area contributed by atoms with Crippen LogP contribution in [0, 0.1) is 0 Å². The van der Waals surface area contributed by atoms with Crippen molar-refractivity contribution in [1.29, 1.82) is 0 Å². The van der Waals surface area contributed by atoms with E-state index in [1.165, 1.54) is 6.26 Å². The van der Waals surface area contributed by atoms with Crippen molar-refractivity contribution in [2.45, 2.75) is 25.4 Å². The minimum atomic E-state index is -0.705. The van der Waals surface area contributed by atoms with Crippen molar-refractivity contribution in [3.05, 3.63) is 54.6 Å². The Bertz CT molecular complexity index is 992. The number of aromatic nitrogens is 1. The maximum absolute atomic E-state index is 12.4. The number of fused-ring (bicyclic) bond motifs is 1. The lowest BCUT2D eigenvalue weighted by atomic mass is 10.1. The van der Waals surface area contributed by atoms with Crippen molar-refractivity contribution in [3.8, 4) is 0 Å². The molecule has 0 spiro atoms. The monoisotopic (exact) mass is 366 g/mol. The van der Waals surface area contributed by atoms with E-state index in [0.717, 1.165) is 15.8 Å². The average Bonchev–Trinajstić information content (AvgIpc) is 3.37. The maximum atomic E-state index is 12.4. The highest BCUT2D eigenvalue weighted by Crippen LogP contribution is 2.19. The molecule has 3 aromatic rings. The molecule has 1 fully saturated rings. The first-order valence-corrected chi connectivity index (χ1v) is 8.61. The summed E-state index contributed by atoms with van der Waals surface area (Å²) in [5.74, 6) is -0.0407. The highest BCUT2D eigenvalue weighted by atomic mass is 16.3. The maximum Gasteiger partial charge on any atom is 0.325 e. The lowest BCUT2D eigenvalue weighted by Crippen LogP contribution is -2.31. The molecule has 3 N–H and O–H groups in total. The summed E-state index contributed by atoms with van der Waals surface area (Å²) < 4.78 is 5.18. The van der Waals surface area contributed by atoms with Crippen LogP contribution in [0.3, 0.4) is 0 Å². The molecule has 1 aliphatic rings. The molecule has 4 rings (SSSR count). The Morgan fingerprint density at radius 2 is 2.11 bits per heavy atom. The van der Waals surface area contributed by atoms with Crippen molar-refractivity contribution in [1.82, 2.24) is 15.2 Å². The van der Waals surface area contributed by atoms with Gasteiger partial charge in [0, 0.05) is 23.8 Å². The number of anilines is 1. The fraction of sp³-hybridized carbons (Fsp3) is 0.211. The van der Waals surface area contributed by atoms with Crippen molar-refractivity contribution in [2.24, 2.45) is 0 Å². The fourth-order valence-corrected chi connectivity index (χ4v) is 3.11. The average molecular weight is 366 g/mol. The zero-order chi connectivity index (χ0) is 18.8. The Morgan fingerprint density at radius 3 is 2.93 bits per heavy atom. The molecule has 0 unspecified atom stereocenters. The van der Waals surface area contributed by atoms with Crippen molar-refractivity contribution in [3.63, 3.8) is 0 Å². The summed E-state index contributed by atoms with van der Waals surface area (Å²) in [6, 6.07) is 9.74. The number of carbonyl (C=O) groups is 3. The van der Waals surface area contributed by atoms with E-state index in [9.17, 15) is 14.4 Å². The molecule has 0 saturated carbocycles.